The van der Waals surface area contributed by atoms with Crippen LogP contribution in [0, 0.1) is 12.8 Å². The van der Waals surface area contributed by atoms with Gasteiger partial charge in [-0.15, -0.1) is 0 Å². The number of nitrogens with zero attached hydrogens (tertiary/aromatic N) is 1. The summed E-state index contributed by atoms with van der Waals surface area (Å²) in [5, 5.41) is 2.82. The predicted octanol–water partition coefficient (Wildman–Crippen LogP) is 3.14. The minimum Gasteiger partial charge on any atom is -0.441 e. The van der Waals surface area contributed by atoms with Gasteiger partial charge < -0.3 is 14.5 Å². The summed E-state index contributed by atoms with van der Waals surface area (Å²) in [6, 6.07) is 5.43. The number of aryl methyl sites for hydroxylation is 1. The molecule has 0 atom stereocenters. The van der Waals surface area contributed by atoms with Crippen molar-refractivity contribution in [1.29, 1.82) is 0 Å². The zero-order chi connectivity index (χ0) is 14.5. The summed E-state index contributed by atoms with van der Waals surface area (Å²) >= 11 is 0. The lowest BCUT2D eigenvalue weighted by molar-refractivity contribution is -0.117. The molecule has 0 saturated heterocycles. The van der Waals surface area contributed by atoms with Crippen LogP contribution in [-0.2, 0) is 9.53 Å². The maximum Gasteiger partial charge on any atom is 0.226 e. The Hall–Kier alpha value is -1.88. The third-order valence-corrected chi connectivity index (χ3v) is 2.70. The van der Waals surface area contributed by atoms with Crippen LogP contribution in [-0.4, -0.2) is 24.1 Å². The molecule has 0 spiro atoms. The fraction of sp³-hybridized carbons (Fsp3) is 0.467. The van der Waals surface area contributed by atoms with Crippen molar-refractivity contribution in [3.8, 4) is 0 Å². The number of nitrogens with one attached hydrogen (secondary N) is 1. The highest BCUT2D eigenvalue weighted by Gasteiger charge is 2.06. The number of benzene rings is 1. The van der Waals surface area contributed by atoms with Gasteiger partial charge in [-0.2, -0.15) is 0 Å². The third kappa shape index (κ3) is 4.06. The summed E-state index contributed by atoms with van der Waals surface area (Å²) < 4.78 is 10.8. The van der Waals surface area contributed by atoms with Gasteiger partial charge in [0, 0.05) is 25.3 Å². The van der Waals surface area contributed by atoms with Gasteiger partial charge in [-0.05, 0) is 18.1 Å². The first-order chi connectivity index (χ1) is 9.54. The number of carbonyl (C=O) groups is 1. The molecule has 0 saturated carbocycles. The highest BCUT2D eigenvalue weighted by atomic mass is 16.5. The van der Waals surface area contributed by atoms with Gasteiger partial charge in [0.05, 0.1) is 13.0 Å². The minimum atomic E-state index is -0.0654. The number of rotatable bonds is 6. The average molecular weight is 276 g/mol. The number of hydrogen-bond acceptors (Lipinski definition) is 4. The van der Waals surface area contributed by atoms with E-state index in [9.17, 15) is 4.79 Å². The molecular formula is C15H20N2O3. The molecule has 0 radical (unpaired) electrons. The van der Waals surface area contributed by atoms with E-state index in [0.717, 1.165) is 5.52 Å². The standard InChI is InChI=1S/C15H20N2O3/c1-10(2)9-19-7-6-15(18)17-12-4-5-13-14(8-12)20-11(3)16-13/h4-5,8,10H,6-7,9H2,1-3H3,(H,17,18). The molecule has 20 heavy (non-hydrogen) atoms. The van der Waals surface area contributed by atoms with Crippen LogP contribution in [0.4, 0.5) is 5.69 Å². The molecule has 2 aromatic rings. The Morgan fingerprint density at radius 3 is 3.00 bits per heavy atom. The van der Waals surface area contributed by atoms with Crippen molar-refractivity contribution in [3.63, 3.8) is 0 Å². The summed E-state index contributed by atoms with van der Waals surface area (Å²) in [4.78, 5) is 16.0. The van der Waals surface area contributed by atoms with E-state index in [0.29, 0.717) is 42.7 Å². The third-order valence-electron chi connectivity index (χ3n) is 2.70. The number of anilines is 1. The van der Waals surface area contributed by atoms with Crippen LogP contribution in [0.25, 0.3) is 11.1 Å². The summed E-state index contributed by atoms with van der Waals surface area (Å²) in [6.45, 7) is 7.07. The van der Waals surface area contributed by atoms with Crippen LogP contribution in [0.2, 0.25) is 0 Å². The highest BCUT2D eigenvalue weighted by Crippen LogP contribution is 2.19. The van der Waals surface area contributed by atoms with E-state index in [1.54, 1.807) is 13.0 Å². The molecule has 5 heteroatoms. The van der Waals surface area contributed by atoms with E-state index >= 15 is 0 Å². The van der Waals surface area contributed by atoms with Crippen molar-refractivity contribution in [2.24, 2.45) is 5.92 Å². The van der Waals surface area contributed by atoms with Crippen molar-refractivity contribution >= 4 is 22.7 Å². The topological polar surface area (TPSA) is 64.4 Å². The fourth-order valence-electron chi connectivity index (χ4n) is 1.82. The Bertz CT molecular complexity index is 590. The van der Waals surface area contributed by atoms with E-state index < -0.39 is 0 Å². The maximum atomic E-state index is 11.8. The Morgan fingerprint density at radius 2 is 2.25 bits per heavy atom. The summed E-state index contributed by atoms with van der Waals surface area (Å²) in [5.41, 5.74) is 2.18. The van der Waals surface area contributed by atoms with Crippen molar-refractivity contribution in [1.82, 2.24) is 4.98 Å². The number of oxazole rings is 1. The van der Waals surface area contributed by atoms with Gasteiger partial charge in [0.15, 0.2) is 11.5 Å². The van der Waals surface area contributed by atoms with Crippen molar-refractivity contribution < 1.29 is 13.9 Å². The second-order valence-corrected chi connectivity index (χ2v) is 5.18. The van der Waals surface area contributed by atoms with Gasteiger partial charge in [0.25, 0.3) is 0 Å². The summed E-state index contributed by atoms with van der Waals surface area (Å²) in [6.07, 6.45) is 0.347. The van der Waals surface area contributed by atoms with Gasteiger partial charge in [-0.3, -0.25) is 4.79 Å². The molecular weight excluding hydrogens is 256 g/mol. The van der Waals surface area contributed by atoms with Crippen LogP contribution in [0.3, 0.4) is 0 Å². The summed E-state index contributed by atoms with van der Waals surface area (Å²) in [5.74, 6) is 1.03. The largest absolute Gasteiger partial charge is 0.441 e. The normalized spacial score (nSPS) is 11.2. The SMILES string of the molecule is Cc1nc2ccc(NC(=O)CCOCC(C)C)cc2o1. The Kier molecular flexibility index (Phi) is 4.74. The maximum absolute atomic E-state index is 11.8. The van der Waals surface area contributed by atoms with E-state index in [-0.39, 0.29) is 5.91 Å². The van der Waals surface area contributed by atoms with Crippen molar-refractivity contribution in [2.75, 3.05) is 18.5 Å². The number of hydrogen-bond donors (Lipinski definition) is 1. The second-order valence-electron chi connectivity index (χ2n) is 5.18. The lowest BCUT2D eigenvalue weighted by Crippen LogP contribution is -2.15. The molecule has 0 aliphatic rings. The molecule has 1 aromatic carbocycles. The zero-order valence-corrected chi connectivity index (χ0v) is 12.1. The van der Waals surface area contributed by atoms with E-state index in [1.807, 2.05) is 12.1 Å². The molecule has 108 valence electrons. The van der Waals surface area contributed by atoms with Crippen LogP contribution in [0.5, 0.6) is 0 Å². The van der Waals surface area contributed by atoms with Crippen LogP contribution >= 0.6 is 0 Å². The smallest absolute Gasteiger partial charge is 0.226 e. The first-order valence-electron chi connectivity index (χ1n) is 6.79. The van der Waals surface area contributed by atoms with Gasteiger partial charge in [0.2, 0.25) is 5.91 Å². The molecule has 1 aromatic heterocycles. The second kappa shape index (κ2) is 6.52. The highest BCUT2D eigenvalue weighted by molar-refractivity contribution is 5.92. The monoisotopic (exact) mass is 276 g/mol. The molecule has 0 bridgehead atoms. The number of amides is 1. The number of aromatic nitrogens is 1. The molecule has 0 fully saturated rings. The molecule has 2 rings (SSSR count). The Balaban J connectivity index is 1.86. The molecule has 0 unspecified atom stereocenters. The zero-order valence-electron chi connectivity index (χ0n) is 12.1. The lowest BCUT2D eigenvalue weighted by Gasteiger charge is -2.07. The molecule has 0 aliphatic heterocycles. The van der Waals surface area contributed by atoms with E-state index in [2.05, 4.69) is 24.1 Å². The fourth-order valence-corrected chi connectivity index (χ4v) is 1.82. The molecule has 1 heterocycles. The summed E-state index contributed by atoms with van der Waals surface area (Å²) in [7, 11) is 0. The van der Waals surface area contributed by atoms with Crippen molar-refractivity contribution in [2.45, 2.75) is 27.2 Å². The van der Waals surface area contributed by atoms with Crippen LogP contribution < -0.4 is 5.32 Å². The first-order valence-corrected chi connectivity index (χ1v) is 6.79. The van der Waals surface area contributed by atoms with Crippen LogP contribution in [0.15, 0.2) is 22.6 Å². The molecule has 1 amide bonds. The lowest BCUT2D eigenvalue weighted by atomic mass is 10.2. The number of fused-ring (bicyclic) bond motifs is 1. The Morgan fingerprint density at radius 1 is 1.45 bits per heavy atom. The quantitative estimate of drug-likeness (QED) is 0.823. The molecule has 1 N–H and O–H groups in total. The van der Waals surface area contributed by atoms with Crippen LogP contribution in [0.1, 0.15) is 26.2 Å². The molecule has 5 nitrogen and oxygen atoms in total. The average Bonchev–Trinajstić information content (AvgIpc) is 2.74. The predicted molar refractivity (Wildman–Crippen MR) is 77.6 cm³/mol. The van der Waals surface area contributed by atoms with Gasteiger partial charge in [0.1, 0.15) is 5.52 Å². The minimum absolute atomic E-state index is 0.0654. The number of carbonyl (C=O) groups excluding carboxylic acids is 1. The van der Waals surface area contributed by atoms with Gasteiger partial charge in [-0.1, -0.05) is 13.8 Å². The van der Waals surface area contributed by atoms with Gasteiger partial charge in [-0.25, -0.2) is 4.98 Å². The van der Waals surface area contributed by atoms with Gasteiger partial charge >= 0.3 is 0 Å². The Labute approximate surface area is 118 Å². The van der Waals surface area contributed by atoms with E-state index in [4.69, 9.17) is 9.15 Å². The molecule has 0 aliphatic carbocycles. The van der Waals surface area contributed by atoms with Crippen molar-refractivity contribution in [3.05, 3.63) is 24.1 Å². The first kappa shape index (κ1) is 14.5. The number of ether oxygens (including phenoxy) is 1. The van der Waals surface area contributed by atoms with E-state index in [1.165, 1.54) is 0 Å².